The third kappa shape index (κ3) is 4.59. The average molecular weight is 450 g/mol. The lowest BCUT2D eigenvalue weighted by Gasteiger charge is -2.36. The summed E-state index contributed by atoms with van der Waals surface area (Å²) in [7, 11) is 0. The molecular weight excluding hydrogens is 424 g/mol. The average Bonchev–Trinajstić information content (AvgIpc) is 3.20. The molecule has 0 unspecified atom stereocenters. The van der Waals surface area contributed by atoms with Crippen LogP contribution in [0.2, 0.25) is 0 Å². The van der Waals surface area contributed by atoms with Gasteiger partial charge in [0, 0.05) is 49.0 Å². The second-order valence-corrected chi connectivity index (χ2v) is 8.46. The Morgan fingerprint density at radius 3 is 2.61 bits per heavy atom. The van der Waals surface area contributed by atoms with Gasteiger partial charge in [0.15, 0.2) is 11.6 Å². The van der Waals surface area contributed by atoms with Gasteiger partial charge in [-0.1, -0.05) is 12.1 Å². The highest BCUT2D eigenvalue weighted by molar-refractivity contribution is 6.13. The normalized spacial score (nSPS) is 15.9. The summed E-state index contributed by atoms with van der Waals surface area (Å²) in [5.41, 5.74) is 2.40. The summed E-state index contributed by atoms with van der Waals surface area (Å²) in [6, 6.07) is 13.7. The number of hydrogen-bond acceptors (Lipinski definition) is 4. The zero-order valence-corrected chi connectivity index (χ0v) is 18.3. The highest BCUT2D eigenvalue weighted by Gasteiger charge is 2.19. The zero-order chi connectivity index (χ0) is 22.8. The first-order valence-corrected chi connectivity index (χ1v) is 11.3. The number of carbonyl (C=O) groups excluding carboxylic acids is 1. The van der Waals surface area contributed by atoms with Crippen molar-refractivity contribution in [2.75, 3.05) is 44.2 Å². The minimum atomic E-state index is -0.813. The summed E-state index contributed by atoms with van der Waals surface area (Å²) >= 11 is 0. The van der Waals surface area contributed by atoms with E-state index in [2.05, 4.69) is 14.8 Å². The van der Waals surface area contributed by atoms with Crippen LogP contribution in [0.1, 0.15) is 28.8 Å². The number of piperazine rings is 1. The molecule has 0 saturated carbocycles. The van der Waals surface area contributed by atoms with Gasteiger partial charge >= 0.3 is 0 Å². The molecule has 3 aromatic carbocycles. The highest BCUT2D eigenvalue weighted by Crippen LogP contribution is 2.29. The minimum Gasteiger partial charge on any atom is -0.494 e. The monoisotopic (exact) mass is 449 g/mol. The number of nitrogens with zero attached hydrogens (tertiary/aromatic N) is 3. The lowest BCUT2D eigenvalue weighted by Crippen LogP contribution is -2.46. The van der Waals surface area contributed by atoms with Crippen LogP contribution in [0.15, 0.2) is 53.5 Å². The quantitative estimate of drug-likeness (QED) is 0.492. The van der Waals surface area contributed by atoms with Crippen molar-refractivity contribution >= 4 is 28.6 Å². The Labute approximate surface area is 191 Å². The van der Waals surface area contributed by atoms with E-state index in [0.717, 1.165) is 62.2 Å². The van der Waals surface area contributed by atoms with Crippen molar-refractivity contribution in [1.29, 1.82) is 0 Å². The van der Waals surface area contributed by atoms with E-state index in [4.69, 9.17) is 4.74 Å². The van der Waals surface area contributed by atoms with Crippen LogP contribution in [0, 0.1) is 11.6 Å². The summed E-state index contributed by atoms with van der Waals surface area (Å²) < 4.78 is 33.2. The first-order valence-electron chi connectivity index (χ1n) is 11.3. The van der Waals surface area contributed by atoms with Gasteiger partial charge in [0.2, 0.25) is 0 Å². The third-order valence-corrected chi connectivity index (χ3v) is 6.32. The molecule has 0 aromatic heterocycles. The van der Waals surface area contributed by atoms with E-state index < -0.39 is 11.6 Å². The molecule has 0 radical (unpaired) electrons. The van der Waals surface area contributed by atoms with E-state index >= 15 is 0 Å². The molecule has 0 bridgehead atoms. The molecule has 2 heterocycles. The summed E-state index contributed by atoms with van der Waals surface area (Å²) in [6.45, 7) is 5.14. The SMILES string of the molecule is O=C1N=Cc2ccc(OCCCCN3CCN(c4cccc5cc(F)c(F)cc45)CC3)cc21. The Balaban J connectivity index is 1.08. The van der Waals surface area contributed by atoms with Gasteiger partial charge in [0.05, 0.1) is 12.2 Å². The summed E-state index contributed by atoms with van der Waals surface area (Å²) in [4.78, 5) is 20.1. The van der Waals surface area contributed by atoms with Gasteiger partial charge in [-0.2, -0.15) is 0 Å². The fourth-order valence-corrected chi connectivity index (χ4v) is 4.49. The van der Waals surface area contributed by atoms with E-state index in [1.807, 2.05) is 30.3 Å². The van der Waals surface area contributed by atoms with Gasteiger partial charge in [-0.25, -0.2) is 13.8 Å². The molecule has 1 amide bonds. The summed E-state index contributed by atoms with van der Waals surface area (Å²) in [6.07, 6.45) is 3.53. The number of carbonyl (C=O) groups is 1. The number of halogens is 2. The Bertz CT molecular complexity index is 1220. The molecule has 0 atom stereocenters. The predicted molar refractivity (Wildman–Crippen MR) is 126 cm³/mol. The standard InChI is InChI=1S/C26H25F2N3O2/c27-23-14-18-4-3-5-25(21(18)16-24(23)28)31-11-9-30(10-12-31)8-1-2-13-33-20-7-6-19-17-29-26(32)22(19)15-20/h3-7,14-17H,1-2,8-13H2. The number of amides is 1. The molecule has 3 aromatic rings. The van der Waals surface area contributed by atoms with Crippen molar-refractivity contribution in [2.24, 2.45) is 4.99 Å². The van der Waals surface area contributed by atoms with Crippen LogP contribution in [-0.2, 0) is 0 Å². The molecular formula is C26H25F2N3O2. The van der Waals surface area contributed by atoms with Crippen molar-refractivity contribution in [2.45, 2.75) is 12.8 Å². The molecule has 5 rings (SSSR count). The second kappa shape index (κ2) is 9.27. The van der Waals surface area contributed by atoms with E-state index in [-0.39, 0.29) is 5.91 Å². The Morgan fingerprint density at radius 2 is 1.76 bits per heavy atom. The molecule has 0 spiro atoms. The number of aliphatic imine (C=N–C) groups is 1. The van der Waals surface area contributed by atoms with E-state index in [1.54, 1.807) is 12.3 Å². The smallest absolute Gasteiger partial charge is 0.277 e. The number of unbranched alkanes of at least 4 members (excludes halogenated alkanes) is 1. The van der Waals surface area contributed by atoms with E-state index in [9.17, 15) is 13.6 Å². The van der Waals surface area contributed by atoms with Crippen LogP contribution < -0.4 is 9.64 Å². The van der Waals surface area contributed by atoms with Crippen LogP contribution in [-0.4, -0.2) is 56.4 Å². The maximum absolute atomic E-state index is 13.8. The molecule has 170 valence electrons. The van der Waals surface area contributed by atoms with Gasteiger partial charge in [-0.05, 0) is 61.2 Å². The highest BCUT2D eigenvalue weighted by atomic mass is 19.2. The van der Waals surface area contributed by atoms with Crippen LogP contribution in [0.5, 0.6) is 5.75 Å². The van der Waals surface area contributed by atoms with Crippen molar-refractivity contribution in [3.05, 3.63) is 71.3 Å². The van der Waals surface area contributed by atoms with Crippen molar-refractivity contribution in [3.63, 3.8) is 0 Å². The predicted octanol–water partition coefficient (Wildman–Crippen LogP) is 4.67. The van der Waals surface area contributed by atoms with Gasteiger partial charge < -0.3 is 9.64 Å². The first-order chi connectivity index (χ1) is 16.1. The largest absolute Gasteiger partial charge is 0.494 e. The lowest BCUT2D eigenvalue weighted by atomic mass is 10.1. The number of hydrogen-bond donors (Lipinski definition) is 0. The summed E-state index contributed by atoms with van der Waals surface area (Å²) in [5.74, 6) is -1.13. The fraction of sp³-hybridized carbons (Fsp3) is 0.308. The molecule has 1 saturated heterocycles. The molecule has 0 aliphatic carbocycles. The van der Waals surface area contributed by atoms with Gasteiger partial charge in [0.25, 0.3) is 5.91 Å². The number of anilines is 1. The first kappa shape index (κ1) is 21.5. The summed E-state index contributed by atoms with van der Waals surface area (Å²) in [5, 5.41) is 1.47. The molecule has 5 nitrogen and oxygen atoms in total. The second-order valence-electron chi connectivity index (χ2n) is 8.46. The molecule has 1 fully saturated rings. The fourth-order valence-electron chi connectivity index (χ4n) is 4.49. The maximum Gasteiger partial charge on any atom is 0.277 e. The van der Waals surface area contributed by atoms with Crippen LogP contribution >= 0.6 is 0 Å². The van der Waals surface area contributed by atoms with Gasteiger partial charge in [-0.15, -0.1) is 0 Å². The van der Waals surface area contributed by atoms with E-state index in [0.29, 0.717) is 23.3 Å². The van der Waals surface area contributed by atoms with Gasteiger partial charge in [0.1, 0.15) is 5.75 Å². The Morgan fingerprint density at radius 1 is 0.939 bits per heavy atom. The van der Waals surface area contributed by atoms with Crippen LogP contribution in [0.25, 0.3) is 10.8 Å². The number of benzene rings is 3. The Kier molecular flexibility index (Phi) is 6.05. The molecule has 2 aliphatic rings. The third-order valence-electron chi connectivity index (χ3n) is 6.32. The number of ether oxygens (including phenoxy) is 1. The Hall–Kier alpha value is -3.32. The molecule has 0 N–H and O–H groups in total. The molecule has 33 heavy (non-hydrogen) atoms. The van der Waals surface area contributed by atoms with Crippen LogP contribution in [0.3, 0.4) is 0 Å². The van der Waals surface area contributed by atoms with Gasteiger partial charge in [-0.3, -0.25) is 9.69 Å². The lowest BCUT2D eigenvalue weighted by molar-refractivity contribution is 0.101. The van der Waals surface area contributed by atoms with Crippen LogP contribution in [0.4, 0.5) is 14.5 Å². The number of fused-ring (bicyclic) bond motifs is 2. The van der Waals surface area contributed by atoms with E-state index in [1.165, 1.54) is 12.1 Å². The zero-order valence-electron chi connectivity index (χ0n) is 18.3. The van der Waals surface area contributed by atoms with Crippen molar-refractivity contribution in [1.82, 2.24) is 4.90 Å². The number of rotatable bonds is 7. The minimum absolute atomic E-state index is 0.213. The molecule has 7 heteroatoms. The maximum atomic E-state index is 13.8. The van der Waals surface area contributed by atoms with Crippen molar-refractivity contribution in [3.8, 4) is 5.75 Å². The van der Waals surface area contributed by atoms with Crippen molar-refractivity contribution < 1.29 is 18.3 Å². The molecule has 2 aliphatic heterocycles. The topological polar surface area (TPSA) is 45.1 Å².